The molecule has 6 heteroatoms. The molecule has 0 unspecified atom stereocenters. The molecule has 0 bridgehead atoms. The Morgan fingerprint density at radius 1 is 1.28 bits per heavy atom. The van der Waals surface area contributed by atoms with E-state index in [1.807, 2.05) is 17.6 Å². The predicted molar refractivity (Wildman–Crippen MR) is 93.9 cm³/mol. The third-order valence-electron chi connectivity index (χ3n) is 5.67. The molecule has 3 fully saturated rings. The number of aliphatic hydroxyl groups is 2. The van der Waals surface area contributed by atoms with Crippen molar-refractivity contribution < 1.29 is 10.2 Å². The summed E-state index contributed by atoms with van der Waals surface area (Å²) >= 11 is 0. The van der Waals surface area contributed by atoms with Crippen LogP contribution in [-0.2, 0) is 0 Å². The van der Waals surface area contributed by atoms with Crippen LogP contribution in [0.15, 0.2) is 12.4 Å². The Balaban J connectivity index is 1.61. The van der Waals surface area contributed by atoms with Gasteiger partial charge in [-0.3, -0.25) is 0 Å². The Bertz CT molecular complexity index is 892. The first-order valence-corrected chi connectivity index (χ1v) is 9.16. The van der Waals surface area contributed by atoms with Crippen molar-refractivity contribution in [2.45, 2.75) is 44.4 Å². The molecule has 5 rings (SSSR count). The molecular formula is C19H22N4O2. The van der Waals surface area contributed by atoms with Crippen LogP contribution in [0.3, 0.4) is 0 Å². The second-order valence-electron chi connectivity index (χ2n) is 7.49. The predicted octanol–water partition coefficient (Wildman–Crippen LogP) is 1.54. The monoisotopic (exact) mass is 338 g/mol. The second-order valence-corrected chi connectivity index (χ2v) is 7.49. The fourth-order valence-electron chi connectivity index (χ4n) is 4.12. The number of rotatable bonds is 3. The number of hydrogen-bond acceptors (Lipinski definition) is 5. The third-order valence-corrected chi connectivity index (χ3v) is 5.67. The van der Waals surface area contributed by atoms with E-state index >= 15 is 0 Å². The highest BCUT2D eigenvalue weighted by molar-refractivity contribution is 5.86. The molecule has 0 amide bonds. The average Bonchev–Trinajstić information content (AvgIpc) is 3.50. The zero-order valence-electron chi connectivity index (χ0n) is 14.2. The van der Waals surface area contributed by atoms with E-state index in [0.717, 1.165) is 35.5 Å². The number of aromatic nitrogens is 3. The van der Waals surface area contributed by atoms with E-state index in [2.05, 4.69) is 22.1 Å². The van der Waals surface area contributed by atoms with E-state index in [-0.39, 0.29) is 12.0 Å². The number of nitrogens with one attached hydrogen (secondary N) is 1. The van der Waals surface area contributed by atoms with Crippen molar-refractivity contribution >= 4 is 16.9 Å². The van der Waals surface area contributed by atoms with E-state index < -0.39 is 12.2 Å². The van der Waals surface area contributed by atoms with Crippen molar-refractivity contribution in [3.8, 4) is 11.8 Å². The lowest BCUT2D eigenvalue weighted by molar-refractivity contribution is 0.00386. The van der Waals surface area contributed by atoms with Gasteiger partial charge in [-0.1, -0.05) is 5.92 Å². The molecule has 0 aliphatic heterocycles. The van der Waals surface area contributed by atoms with Crippen LogP contribution in [0.5, 0.6) is 0 Å². The summed E-state index contributed by atoms with van der Waals surface area (Å²) in [6, 6.07) is 1.80. The molecule has 2 aromatic heterocycles. The van der Waals surface area contributed by atoms with Crippen LogP contribution in [0.1, 0.15) is 37.9 Å². The summed E-state index contributed by atoms with van der Waals surface area (Å²) in [7, 11) is 0. The van der Waals surface area contributed by atoms with Gasteiger partial charge >= 0.3 is 0 Å². The summed E-state index contributed by atoms with van der Waals surface area (Å²) in [5.41, 5.74) is 3.19. The zero-order chi connectivity index (χ0) is 17.1. The molecule has 3 N–H and O–H groups in total. The number of pyridine rings is 1. The highest BCUT2D eigenvalue weighted by Crippen LogP contribution is 2.57. The van der Waals surface area contributed by atoms with Gasteiger partial charge in [-0.25, -0.2) is 9.97 Å². The number of anilines is 1. The summed E-state index contributed by atoms with van der Waals surface area (Å²) in [6.45, 7) is 2.83. The molecule has 130 valence electrons. The number of aliphatic hydroxyl groups excluding tert-OH is 2. The summed E-state index contributed by atoms with van der Waals surface area (Å²) in [5, 5.41) is 23.9. The van der Waals surface area contributed by atoms with Gasteiger partial charge in [-0.05, 0) is 50.0 Å². The molecule has 0 radical (unpaired) electrons. The van der Waals surface area contributed by atoms with Crippen LogP contribution in [0.2, 0.25) is 0 Å². The van der Waals surface area contributed by atoms with Crippen LogP contribution in [0.25, 0.3) is 11.2 Å². The molecule has 25 heavy (non-hydrogen) atoms. The molecule has 0 aromatic carbocycles. The quantitative estimate of drug-likeness (QED) is 0.740. The number of nitrogens with zero attached hydrogens (tertiary/aromatic N) is 3. The Morgan fingerprint density at radius 2 is 2.12 bits per heavy atom. The van der Waals surface area contributed by atoms with Crippen molar-refractivity contribution in [2.75, 3.05) is 11.9 Å². The van der Waals surface area contributed by atoms with Gasteiger partial charge in [0.15, 0.2) is 5.65 Å². The van der Waals surface area contributed by atoms with E-state index in [4.69, 9.17) is 4.98 Å². The summed E-state index contributed by atoms with van der Waals surface area (Å²) in [6.07, 6.45) is 3.68. The van der Waals surface area contributed by atoms with Crippen molar-refractivity contribution in [3.05, 3.63) is 18.1 Å². The summed E-state index contributed by atoms with van der Waals surface area (Å²) < 4.78 is 1.95. The van der Waals surface area contributed by atoms with Gasteiger partial charge in [0.05, 0.1) is 24.2 Å². The normalized spacial score (nSPS) is 33.0. The SMILES string of the molecule is CCNc1cc(C#CC2CC2)nc2c1ncn2[C@H]1[C@H](O)[C@H](O)[C@@H]2C[C@@H]21. The average molecular weight is 338 g/mol. The fourth-order valence-corrected chi connectivity index (χ4v) is 4.12. The molecule has 0 spiro atoms. The van der Waals surface area contributed by atoms with Gasteiger partial charge in [-0.15, -0.1) is 0 Å². The molecule has 5 atom stereocenters. The first kappa shape index (κ1) is 15.2. The van der Waals surface area contributed by atoms with Crippen LogP contribution in [0.4, 0.5) is 5.69 Å². The third kappa shape index (κ3) is 2.42. The Labute approximate surface area is 146 Å². The fraction of sp³-hybridized carbons (Fsp3) is 0.579. The first-order valence-electron chi connectivity index (χ1n) is 9.16. The van der Waals surface area contributed by atoms with Crippen molar-refractivity contribution in [1.82, 2.24) is 14.5 Å². The minimum atomic E-state index is -0.758. The van der Waals surface area contributed by atoms with E-state index in [1.54, 1.807) is 6.33 Å². The van der Waals surface area contributed by atoms with Gasteiger partial charge in [0.25, 0.3) is 0 Å². The van der Waals surface area contributed by atoms with Crippen LogP contribution in [-0.4, -0.2) is 43.5 Å². The van der Waals surface area contributed by atoms with Crippen LogP contribution >= 0.6 is 0 Å². The topological polar surface area (TPSA) is 83.2 Å². The lowest BCUT2D eigenvalue weighted by Gasteiger charge is -2.22. The highest BCUT2D eigenvalue weighted by Gasteiger charge is 2.60. The highest BCUT2D eigenvalue weighted by atomic mass is 16.3. The molecule has 2 aromatic rings. The van der Waals surface area contributed by atoms with Gasteiger partial charge in [0, 0.05) is 12.5 Å². The van der Waals surface area contributed by atoms with Gasteiger partial charge in [0.2, 0.25) is 0 Å². The maximum Gasteiger partial charge on any atom is 0.163 e. The lowest BCUT2D eigenvalue weighted by Crippen LogP contribution is -2.31. The number of hydrogen-bond donors (Lipinski definition) is 3. The first-order chi connectivity index (χ1) is 12.2. The number of fused-ring (bicyclic) bond motifs is 2. The van der Waals surface area contributed by atoms with Gasteiger partial charge in [-0.2, -0.15) is 0 Å². The smallest absolute Gasteiger partial charge is 0.163 e. The molecule has 2 heterocycles. The molecule has 3 saturated carbocycles. The Morgan fingerprint density at radius 3 is 2.80 bits per heavy atom. The maximum atomic E-state index is 10.4. The largest absolute Gasteiger partial charge is 0.390 e. The van der Waals surface area contributed by atoms with E-state index in [1.165, 1.54) is 12.8 Å². The van der Waals surface area contributed by atoms with Gasteiger partial charge in [0.1, 0.15) is 17.3 Å². The van der Waals surface area contributed by atoms with Crippen LogP contribution < -0.4 is 5.32 Å². The number of imidazole rings is 1. The second kappa shape index (κ2) is 5.45. The minimum absolute atomic E-state index is 0.154. The van der Waals surface area contributed by atoms with Crippen molar-refractivity contribution in [1.29, 1.82) is 0 Å². The summed E-state index contributed by atoms with van der Waals surface area (Å²) in [4.78, 5) is 9.27. The molecule has 0 saturated heterocycles. The van der Waals surface area contributed by atoms with E-state index in [0.29, 0.717) is 11.8 Å². The zero-order valence-corrected chi connectivity index (χ0v) is 14.2. The molecular weight excluding hydrogens is 316 g/mol. The van der Waals surface area contributed by atoms with E-state index in [9.17, 15) is 10.2 Å². The van der Waals surface area contributed by atoms with Gasteiger partial charge < -0.3 is 20.1 Å². The minimum Gasteiger partial charge on any atom is -0.390 e. The Kier molecular flexibility index (Phi) is 3.31. The molecule has 6 nitrogen and oxygen atoms in total. The maximum absolute atomic E-state index is 10.4. The Hall–Kier alpha value is -2.10. The van der Waals surface area contributed by atoms with Crippen LogP contribution in [0, 0.1) is 29.6 Å². The van der Waals surface area contributed by atoms with Crippen molar-refractivity contribution in [2.24, 2.45) is 17.8 Å². The molecule has 3 aliphatic rings. The standard InChI is InChI=1S/C19H22N4O2/c1-2-20-14-7-11(6-5-10-3-4-10)22-19-15(14)21-9-23(19)16-12-8-13(12)17(24)18(16)25/h7,9-10,12-13,16-18,24-25H,2-4,8H2,1H3,(H,20,22)/t12-,13+,16+,17+,18-/m0/s1. The summed E-state index contributed by atoms with van der Waals surface area (Å²) in [5.74, 6) is 7.50. The lowest BCUT2D eigenvalue weighted by atomic mass is 10.1. The van der Waals surface area contributed by atoms with Crippen molar-refractivity contribution in [3.63, 3.8) is 0 Å². The molecule has 3 aliphatic carbocycles.